The number of benzene rings is 2. The maximum Gasteiger partial charge on any atom is 0.307 e. The number of ether oxygens (including phenoxy) is 1. The number of aryl methyl sites for hydroxylation is 2. The van der Waals surface area contributed by atoms with Crippen molar-refractivity contribution < 1.29 is 23.1 Å². The highest BCUT2D eigenvalue weighted by molar-refractivity contribution is 7.90. The van der Waals surface area contributed by atoms with E-state index in [0.717, 1.165) is 39.3 Å². The maximum absolute atomic E-state index is 11.3. The highest BCUT2D eigenvalue weighted by Gasteiger charge is 2.45. The lowest BCUT2D eigenvalue weighted by molar-refractivity contribution is -0.138. The van der Waals surface area contributed by atoms with Gasteiger partial charge in [-0.3, -0.25) is 9.78 Å². The van der Waals surface area contributed by atoms with Crippen molar-refractivity contribution in [3.05, 3.63) is 71.2 Å². The highest BCUT2D eigenvalue weighted by atomic mass is 32.2. The van der Waals surface area contributed by atoms with Gasteiger partial charge in [-0.25, -0.2) is 13.4 Å². The number of nitrogens with zero attached hydrogens (tertiary/aromatic N) is 2. The minimum atomic E-state index is -2.98. The van der Waals surface area contributed by atoms with Crippen molar-refractivity contribution in [2.45, 2.75) is 39.2 Å². The van der Waals surface area contributed by atoms with Gasteiger partial charge >= 0.3 is 5.97 Å². The standard InChI is InChI=1S/C27H31N3O5S/c1-17-10-21(35-8-5-9-36(3,33)34)11-18(2)26(17)20-7-4-6-19(12-20)14-29-25-16-28-24(15-30-25)22-13-23(22)27(31)32/h4,6-7,10-12,15-16,22-23H,5,8-9,13-14H2,1-3H3,(H,29,30)(H,31,32)/t22-,23-/m0/s1. The molecule has 0 spiro atoms. The van der Waals surface area contributed by atoms with Crippen molar-refractivity contribution >= 4 is 21.6 Å². The molecule has 0 amide bonds. The molecule has 0 aliphatic heterocycles. The SMILES string of the molecule is Cc1cc(OCCCS(C)(=O)=O)cc(C)c1-c1cccc(CNc2cnc([C@H]3C[C@@H]3C(=O)O)cn2)c1. The number of carbonyl (C=O) groups is 1. The molecule has 4 rings (SSSR count). The number of hydrogen-bond donors (Lipinski definition) is 2. The summed E-state index contributed by atoms with van der Waals surface area (Å²) in [6.07, 6.45) is 5.63. The zero-order valence-corrected chi connectivity index (χ0v) is 21.5. The van der Waals surface area contributed by atoms with Gasteiger partial charge in [-0.15, -0.1) is 0 Å². The second kappa shape index (κ2) is 10.7. The third kappa shape index (κ3) is 6.60. The lowest BCUT2D eigenvalue weighted by atomic mass is 9.94. The zero-order chi connectivity index (χ0) is 25.9. The Bertz CT molecular complexity index is 1330. The van der Waals surface area contributed by atoms with E-state index in [1.54, 1.807) is 12.4 Å². The summed E-state index contributed by atoms with van der Waals surface area (Å²) in [5.41, 5.74) is 6.22. The molecule has 2 N–H and O–H groups in total. The van der Waals surface area contributed by atoms with E-state index in [-0.39, 0.29) is 17.6 Å². The van der Waals surface area contributed by atoms with Crippen LogP contribution in [0.5, 0.6) is 5.75 Å². The molecule has 8 nitrogen and oxygen atoms in total. The second-order valence-corrected chi connectivity index (χ2v) is 11.7. The van der Waals surface area contributed by atoms with Crippen molar-refractivity contribution in [2.75, 3.05) is 23.9 Å². The topological polar surface area (TPSA) is 118 Å². The number of carboxylic acids is 1. The van der Waals surface area contributed by atoms with Gasteiger partial charge in [0.1, 0.15) is 21.4 Å². The van der Waals surface area contributed by atoms with E-state index in [0.29, 0.717) is 31.8 Å². The lowest BCUT2D eigenvalue weighted by Gasteiger charge is -2.15. The van der Waals surface area contributed by atoms with Crippen LogP contribution in [0.1, 0.15) is 41.1 Å². The summed E-state index contributed by atoms with van der Waals surface area (Å²) in [6.45, 7) is 5.02. The number of aliphatic carboxylic acids is 1. The normalized spacial score (nSPS) is 17.0. The minimum absolute atomic E-state index is 0.0310. The Morgan fingerprint density at radius 2 is 1.89 bits per heavy atom. The Hall–Kier alpha value is -3.46. The van der Waals surface area contributed by atoms with Crippen molar-refractivity contribution in [3.8, 4) is 16.9 Å². The fraction of sp³-hybridized carbons (Fsp3) is 0.370. The largest absolute Gasteiger partial charge is 0.494 e. The number of sulfone groups is 1. The predicted molar refractivity (Wildman–Crippen MR) is 139 cm³/mol. The molecule has 1 aliphatic rings. The molecule has 0 radical (unpaired) electrons. The summed E-state index contributed by atoms with van der Waals surface area (Å²) in [5.74, 6) is 0.348. The van der Waals surface area contributed by atoms with Crippen LogP contribution in [0.3, 0.4) is 0 Å². The Labute approximate surface area is 211 Å². The molecular weight excluding hydrogens is 478 g/mol. The molecule has 1 saturated carbocycles. The van der Waals surface area contributed by atoms with E-state index in [1.165, 1.54) is 6.26 Å². The fourth-order valence-corrected chi connectivity index (χ4v) is 5.06. The van der Waals surface area contributed by atoms with Gasteiger partial charge in [0.2, 0.25) is 0 Å². The number of aromatic nitrogens is 2. The first-order valence-corrected chi connectivity index (χ1v) is 14.0. The van der Waals surface area contributed by atoms with Gasteiger partial charge in [-0.1, -0.05) is 18.2 Å². The van der Waals surface area contributed by atoms with E-state index in [9.17, 15) is 13.2 Å². The Balaban J connectivity index is 1.38. The predicted octanol–water partition coefficient (Wildman–Crippen LogP) is 4.37. The summed E-state index contributed by atoms with van der Waals surface area (Å²) in [6, 6.07) is 12.3. The van der Waals surface area contributed by atoms with Crippen LogP contribution in [0, 0.1) is 19.8 Å². The maximum atomic E-state index is 11.3. The number of hydrogen-bond acceptors (Lipinski definition) is 7. The van der Waals surface area contributed by atoms with Gasteiger partial charge in [-0.05, 0) is 72.7 Å². The summed E-state index contributed by atoms with van der Waals surface area (Å²) in [7, 11) is -2.98. The average Bonchev–Trinajstić information content (AvgIpc) is 3.62. The zero-order valence-electron chi connectivity index (χ0n) is 20.7. The van der Waals surface area contributed by atoms with Crippen LogP contribution in [0.2, 0.25) is 0 Å². The van der Waals surface area contributed by atoms with Crippen molar-refractivity contribution in [1.82, 2.24) is 9.97 Å². The smallest absolute Gasteiger partial charge is 0.307 e. The Morgan fingerprint density at radius 1 is 1.14 bits per heavy atom. The molecule has 3 aromatic rings. The van der Waals surface area contributed by atoms with E-state index in [2.05, 4.69) is 27.4 Å². The van der Waals surface area contributed by atoms with Crippen LogP contribution in [-0.2, 0) is 21.2 Å². The van der Waals surface area contributed by atoms with Crippen LogP contribution in [-0.4, -0.2) is 48.1 Å². The van der Waals surface area contributed by atoms with Gasteiger partial charge in [-0.2, -0.15) is 0 Å². The second-order valence-electron chi connectivity index (χ2n) is 9.43. The molecule has 0 bridgehead atoms. The molecule has 0 unspecified atom stereocenters. The first-order chi connectivity index (χ1) is 17.1. The average molecular weight is 510 g/mol. The Morgan fingerprint density at radius 3 is 2.50 bits per heavy atom. The third-order valence-electron chi connectivity index (χ3n) is 6.28. The van der Waals surface area contributed by atoms with Crippen molar-refractivity contribution in [1.29, 1.82) is 0 Å². The monoisotopic (exact) mass is 509 g/mol. The molecular formula is C27H31N3O5S. The van der Waals surface area contributed by atoms with Crippen LogP contribution >= 0.6 is 0 Å². The number of nitrogens with one attached hydrogen (secondary N) is 1. The van der Waals surface area contributed by atoms with E-state index in [4.69, 9.17) is 9.84 Å². The molecule has 2 atom stereocenters. The van der Waals surface area contributed by atoms with Gasteiger partial charge in [0.25, 0.3) is 0 Å². The summed E-state index contributed by atoms with van der Waals surface area (Å²) >= 11 is 0. The van der Waals surface area contributed by atoms with E-state index < -0.39 is 15.8 Å². The first kappa shape index (κ1) is 25.6. The molecule has 9 heteroatoms. The molecule has 190 valence electrons. The first-order valence-electron chi connectivity index (χ1n) is 11.9. The number of carboxylic acid groups (broad SMARTS) is 1. The van der Waals surface area contributed by atoms with Crippen LogP contribution < -0.4 is 10.1 Å². The highest BCUT2D eigenvalue weighted by Crippen LogP contribution is 2.46. The van der Waals surface area contributed by atoms with Crippen LogP contribution in [0.15, 0.2) is 48.8 Å². The van der Waals surface area contributed by atoms with Crippen molar-refractivity contribution in [3.63, 3.8) is 0 Å². The molecule has 1 fully saturated rings. The number of anilines is 1. The number of rotatable bonds is 11. The van der Waals surface area contributed by atoms with Crippen LogP contribution in [0.25, 0.3) is 11.1 Å². The van der Waals surface area contributed by atoms with Gasteiger partial charge in [0.05, 0.1) is 36.4 Å². The molecule has 1 aliphatic carbocycles. The summed E-state index contributed by atoms with van der Waals surface area (Å²) in [4.78, 5) is 19.8. The minimum Gasteiger partial charge on any atom is -0.494 e. The van der Waals surface area contributed by atoms with Crippen molar-refractivity contribution in [2.24, 2.45) is 5.92 Å². The molecule has 2 aromatic carbocycles. The molecule has 0 saturated heterocycles. The van der Waals surface area contributed by atoms with E-state index >= 15 is 0 Å². The molecule has 1 heterocycles. The molecule has 36 heavy (non-hydrogen) atoms. The third-order valence-corrected chi connectivity index (χ3v) is 7.31. The Kier molecular flexibility index (Phi) is 7.59. The molecule has 1 aromatic heterocycles. The van der Waals surface area contributed by atoms with Gasteiger partial charge < -0.3 is 15.2 Å². The summed E-state index contributed by atoms with van der Waals surface area (Å²) < 4.78 is 28.4. The quantitative estimate of drug-likeness (QED) is 0.366. The van der Waals surface area contributed by atoms with Gasteiger partial charge in [0, 0.05) is 18.7 Å². The summed E-state index contributed by atoms with van der Waals surface area (Å²) in [5, 5.41) is 12.4. The van der Waals surface area contributed by atoms with Gasteiger partial charge in [0.15, 0.2) is 0 Å². The van der Waals surface area contributed by atoms with E-state index in [1.807, 2.05) is 38.1 Å². The fourth-order valence-electron chi connectivity index (χ4n) is 4.42. The van der Waals surface area contributed by atoms with Crippen LogP contribution in [0.4, 0.5) is 5.82 Å². The lowest BCUT2D eigenvalue weighted by Crippen LogP contribution is -2.08.